The van der Waals surface area contributed by atoms with Gasteiger partial charge in [-0.1, -0.05) is 66.2 Å². The molecule has 0 aliphatic heterocycles. The molecule has 0 spiro atoms. The van der Waals surface area contributed by atoms with E-state index in [0.717, 1.165) is 10.4 Å². The number of benzene rings is 3. The second-order valence-electron chi connectivity index (χ2n) is 8.62. The summed E-state index contributed by atoms with van der Waals surface area (Å²) in [7, 11) is 0. The van der Waals surface area contributed by atoms with Gasteiger partial charge in [0.1, 0.15) is 5.00 Å². The lowest BCUT2D eigenvalue weighted by Crippen LogP contribution is -2.24. The van der Waals surface area contributed by atoms with Gasteiger partial charge in [-0.15, -0.1) is 11.3 Å². The maximum absolute atomic E-state index is 13.1. The first-order valence-corrected chi connectivity index (χ1v) is 13.3. The van der Waals surface area contributed by atoms with Crippen molar-refractivity contribution in [1.29, 1.82) is 0 Å². The molecule has 1 amide bonds. The fourth-order valence-electron chi connectivity index (χ4n) is 4.26. The number of thiophene rings is 1. The average molecular weight is 574 g/mol. The van der Waals surface area contributed by atoms with Crippen LogP contribution in [0.4, 0.5) is 5.00 Å². The van der Waals surface area contributed by atoms with Crippen LogP contribution in [0.2, 0.25) is 5.02 Å². The van der Waals surface area contributed by atoms with Crippen molar-refractivity contribution >= 4 is 57.4 Å². The smallest absolute Gasteiger partial charge is 0.341 e. The van der Waals surface area contributed by atoms with Crippen LogP contribution in [0, 0.1) is 0 Å². The van der Waals surface area contributed by atoms with Gasteiger partial charge in [0.05, 0.1) is 28.3 Å². The lowest BCUT2D eigenvalue weighted by Gasteiger charge is -2.19. The third kappa shape index (κ3) is 5.04. The van der Waals surface area contributed by atoms with Crippen molar-refractivity contribution in [2.45, 2.75) is 6.92 Å². The van der Waals surface area contributed by atoms with E-state index in [9.17, 15) is 24.0 Å². The summed E-state index contributed by atoms with van der Waals surface area (Å²) in [6, 6.07) is 19.9. The zero-order valence-electron chi connectivity index (χ0n) is 21.0. The standard InChI is InChI=1S/C30H20ClNO7S/c1-2-38-30(37)21-14-22(16-8-4-3-5-9-16)40-28(21)32-23(33)15-39-29(36)20-13-12-19-24(25(20)31)27(35)18-11-7-6-10-17(18)26(19)34/h3-14H,2,15H2,1H3,(H,32,33). The summed E-state index contributed by atoms with van der Waals surface area (Å²) in [5, 5.41) is 2.62. The molecule has 5 rings (SSSR count). The van der Waals surface area contributed by atoms with Gasteiger partial charge >= 0.3 is 11.9 Å². The SMILES string of the molecule is CCOC(=O)c1cc(-c2ccccc2)sc1NC(=O)COC(=O)c1ccc2c(c1Cl)C(=O)c1ccccc1C2=O. The van der Waals surface area contributed by atoms with Crippen LogP contribution in [0.25, 0.3) is 10.4 Å². The van der Waals surface area contributed by atoms with Gasteiger partial charge in [-0.2, -0.15) is 0 Å². The molecule has 10 heteroatoms. The van der Waals surface area contributed by atoms with E-state index in [1.807, 2.05) is 30.3 Å². The molecule has 8 nitrogen and oxygen atoms in total. The van der Waals surface area contributed by atoms with Gasteiger partial charge in [0.2, 0.25) is 0 Å². The van der Waals surface area contributed by atoms with Gasteiger partial charge < -0.3 is 14.8 Å². The minimum Gasteiger partial charge on any atom is -0.462 e. The fraction of sp³-hybridized carbons (Fsp3) is 0.100. The van der Waals surface area contributed by atoms with Crippen LogP contribution in [0.1, 0.15) is 59.5 Å². The van der Waals surface area contributed by atoms with Gasteiger partial charge in [-0.3, -0.25) is 14.4 Å². The third-order valence-electron chi connectivity index (χ3n) is 6.12. The van der Waals surface area contributed by atoms with Crippen molar-refractivity contribution in [3.05, 3.63) is 111 Å². The molecule has 1 aliphatic rings. The molecular formula is C30H20ClNO7S. The Labute approximate surface area is 237 Å². The largest absolute Gasteiger partial charge is 0.462 e. The molecule has 0 saturated heterocycles. The summed E-state index contributed by atoms with van der Waals surface area (Å²) >= 11 is 7.59. The maximum Gasteiger partial charge on any atom is 0.341 e. The van der Waals surface area contributed by atoms with E-state index in [1.165, 1.54) is 29.5 Å². The quantitative estimate of drug-likeness (QED) is 0.244. The van der Waals surface area contributed by atoms with Gasteiger partial charge in [-0.25, -0.2) is 9.59 Å². The molecule has 40 heavy (non-hydrogen) atoms. The highest BCUT2D eigenvalue weighted by Gasteiger charge is 2.33. The van der Waals surface area contributed by atoms with Crippen LogP contribution < -0.4 is 5.32 Å². The fourth-order valence-corrected chi connectivity index (χ4v) is 5.66. The minimum atomic E-state index is -0.955. The Kier molecular flexibility index (Phi) is 7.59. The summed E-state index contributed by atoms with van der Waals surface area (Å²) in [5.74, 6) is -3.12. The van der Waals surface area contributed by atoms with Gasteiger partial charge in [0.15, 0.2) is 18.2 Å². The minimum absolute atomic E-state index is 0.0846. The molecule has 4 aromatic rings. The number of anilines is 1. The van der Waals surface area contributed by atoms with E-state index >= 15 is 0 Å². The van der Waals surface area contributed by atoms with Crippen molar-refractivity contribution in [1.82, 2.24) is 0 Å². The molecule has 0 fully saturated rings. The molecule has 0 atom stereocenters. The molecule has 1 aromatic heterocycles. The number of fused-ring (bicyclic) bond motifs is 2. The Hall–Kier alpha value is -4.60. The molecule has 1 aliphatic carbocycles. The van der Waals surface area contributed by atoms with E-state index in [0.29, 0.717) is 0 Å². The molecule has 0 unspecified atom stereocenters. The molecule has 1 heterocycles. The van der Waals surface area contributed by atoms with Crippen LogP contribution in [-0.4, -0.2) is 42.6 Å². The summed E-state index contributed by atoms with van der Waals surface area (Å²) in [6.45, 7) is 1.14. The molecule has 1 N–H and O–H groups in total. The van der Waals surface area contributed by atoms with E-state index in [2.05, 4.69) is 5.32 Å². The summed E-state index contributed by atoms with van der Waals surface area (Å²) in [6.07, 6.45) is 0. The number of hydrogen-bond donors (Lipinski definition) is 1. The van der Waals surface area contributed by atoms with E-state index in [-0.39, 0.29) is 55.8 Å². The number of amides is 1. The van der Waals surface area contributed by atoms with E-state index < -0.39 is 30.2 Å². The van der Waals surface area contributed by atoms with Crippen LogP contribution in [0.5, 0.6) is 0 Å². The predicted octanol–water partition coefficient (Wildman–Crippen LogP) is 5.82. The topological polar surface area (TPSA) is 116 Å². The Bertz CT molecular complexity index is 1690. The summed E-state index contributed by atoms with van der Waals surface area (Å²) < 4.78 is 10.3. The van der Waals surface area contributed by atoms with Gasteiger partial charge in [0, 0.05) is 21.6 Å². The van der Waals surface area contributed by atoms with Crippen molar-refractivity contribution < 1.29 is 33.4 Å². The number of ketones is 2. The number of esters is 2. The van der Waals surface area contributed by atoms with Crippen LogP contribution in [0.3, 0.4) is 0 Å². The number of carbonyl (C=O) groups is 5. The Balaban J connectivity index is 1.32. The van der Waals surface area contributed by atoms with Gasteiger partial charge in [0.25, 0.3) is 5.91 Å². The molecule has 0 radical (unpaired) electrons. The first kappa shape index (κ1) is 27.0. The van der Waals surface area contributed by atoms with Crippen molar-refractivity contribution in [2.75, 3.05) is 18.5 Å². The van der Waals surface area contributed by atoms with Gasteiger partial charge in [-0.05, 0) is 30.7 Å². The monoisotopic (exact) mass is 573 g/mol. The first-order chi connectivity index (χ1) is 19.3. The Morgan fingerprint density at radius 1 is 0.800 bits per heavy atom. The molecule has 200 valence electrons. The second kappa shape index (κ2) is 11.3. The van der Waals surface area contributed by atoms with Crippen LogP contribution in [-0.2, 0) is 14.3 Å². The van der Waals surface area contributed by atoms with Crippen molar-refractivity contribution in [2.24, 2.45) is 0 Å². The maximum atomic E-state index is 13.1. The lowest BCUT2D eigenvalue weighted by molar-refractivity contribution is -0.119. The zero-order chi connectivity index (χ0) is 28.4. The predicted molar refractivity (Wildman–Crippen MR) is 149 cm³/mol. The highest BCUT2D eigenvalue weighted by atomic mass is 35.5. The Morgan fingerprint density at radius 2 is 1.45 bits per heavy atom. The van der Waals surface area contributed by atoms with Crippen LogP contribution in [0.15, 0.2) is 72.8 Å². The molecule has 0 bridgehead atoms. The summed E-state index contributed by atoms with van der Waals surface area (Å²) in [5.41, 5.74) is 1.30. The number of hydrogen-bond acceptors (Lipinski definition) is 8. The zero-order valence-corrected chi connectivity index (χ0v) is 22.6. The van der Waals surface area contributed by atoms with E-state index in [4.69, 9.17) is 21.1 Å². The normalized spacial score (nSPS) is 11.8. The lowest BCUT2D eigenvalue weighted by atomic mass is 9.83. The van der Waals surface area contributed by atoms with Crippen LogP contribution >= 0.6 is 22.9 Å². The number of rotatable bonds is 7. The van der Waals surface area contributed by atoms with Crippen molar-refractivity contribution in [3.63, 3.8) is 0 Å². The second-order valence-corrected chi connectivity index (χ2v) is 10.0. The number of nitrogens with one attached hydrogen (secondary N) is 1. The summed E-state index contributed by atoms with van der Waals surface area (Å²) in [4.78, 5) is 64.7. The number of carbonyl (C=O) groups excluding carboxylic acids is 5. The molecular weight excluding hydrogens is 554 g/mol. The number of ether oxygens (including phenoxy) is 2. The molecule has 3 aromatic carbocycles. The average Bonchev–Trinajstić information content (AvgIpc) is 3.39. The first-order valence-electron chi connectivity index (χ1n) is 12.1. The van der Waals surface area contributed by atoms with E-state index in [1.54, 1.807) is 31.2 Å². The molecule has 0 saturated carbocycles. The van der Waals surface area contributed by atoms with Crippen molar-refractivity contribution in [3.8, 4) is 10.4 Å². The third-order valence-corrected chi connectivity index (χ3v) is 7.62. The number of halogens is 1. The Morgan fingerprint density at radius 3 is 2.15 bits per heavy atom. The highest BCUT2D eigenvalue weighted by Crippen LogP contribution is 2.36. The highest BCUT2D eigenvalue weighted by molar-refractivity contribution is 7.20.